The summed E-state index contributed by atoms with van der Waals surface area (Å²) in [4.78, 5) is 0. The molecular weight excluding hydrogens is 320 g/mol. The summed E-state index contributed by atoms with van der Waals surface area (Å²) in [6.45, 7) is 4.22. The highest BCUT2D eigenvalue weighted by Crippen LogP contribution is 2.32. The van der Waals surface area contributed by atoms with Crippen LogP contribution in [0.15, 0.2) is 27.1 Å². The van der Waals surface area contributed by atoms with Gasteiger partial charge in [0.25, 0.3) is 0 Å². The second-order valence-electron chi connectivity index (χ2n) is 3.88. The molecule has 84 valence electrons. The Morgan fingerprint density at radius 2 is 2.00 bits per heavy atom. The first-order valence-corrected chi connectivity index (χ1v) is 6.77. The summed E-state index contributed by atoms with van der Waals surface area (Å²) in [6.07, 6.45) is 1.75. The van der Waals surface area contributed by atoms with E-state index in [2.05, 4.69) is 45.7 Å². The Kier molecular flexibility index (Phi) is 5.30. The number of rotatable bonds is 4. The van der Waals surface area contributed by atoms with Crippen LogP contribution in [-0.4, -0.2) is 5.11 Å². The van der Waals surface area contributed by atoms with Gasteiger partial charge in [-0.2, -0.15) is 0 Å². The number of halogens is 2. The van der Waals surface area contributed by atoms with Crippen molar-refractivity contribution in [3.05, 3.63) is 32.7 Å². The summed E-state index contributed by atoms with van der Waals surface area (Å²) < 4.78 is 1.98. The van der Waals surface area contributed by atoms with Crippen LogP contribution >= 0.6 is 31.9 Å². The summed E-state index contributed by atoms with van der Waals surface area (Å²) in [6, 6.07) is 5.90. The lowest BCUT2D eigenvalue weighted by atomic mass is 9.94. The van der Waals surface area contributed by atoms with E-state index in [1.807, 2.05) is 18.2 Å². The summed E-state index contributed by atoms with van der Waals surface area (Å²) in [5.41, 5.74) is 0.963. The quantitative estimate of drug-likeness (QED) is 0.846. The molecule has 1 N–H and O–H groups in total. The van der Waals surface area contributed by atoms with E-state index in [1.165, 1.54) is 0 Å². The number of aliphatic hydroxyl groups excluding tert-OH is 1. The molecule has 1 aromatic carbocycles. The van der Waals surface area contributed by atoms with Crippen molar-refractivity contribution in [1.29, 1.82) is 0 Å². The van der Waals surface area contributed by atoms with Crippen molar-refractivity contribution in [1.82, 2.24) is 0 Å². The predicted molar refractivity (Wildman–Crippen MR) is 70.9 cm³/mol. The van der Waals surface area contributed by atoms with E-state index in [0.29, 0.717) is 5.92 Å². The highest BCUT2D eigenvalue weighted by Gasteiger charge is 2.18. The van der Waals surface area contributed by atoms with Gasteiger partial charge < -0.3 is 5.11 Å². The fourth-order valence-corrected chi connectivity index (χ4v) is 2.52. The first kappa shape index (κ1) is 13.2. The zero-order valence-electron chi connectivity index (χ0n) is 9.00. The SMILES string of the molecule is CCCC(C)C(O)c1cc(Br)ccc1Br. The molecule has 0 aliphatic carbocycles. The Morgan fingerprint density at radius 3 is 2.60 bits per heavy atom. The molecule has 0 amide bonds. The van der Waals surface area contributed by atoms with Gasteiger partial charge in [0.05, 0.1) is 6.10 Å². The van der Waals surface area contributed by atoms with Crippen molar-refractivity contribution in [2.45, 2.75) is 32.8 Å². The lowest BCUT2D eigenvalue weighted by Gasteiger charge is -2.20. The van der Waals surface area contributed by atoms with Gasteiger partial charge in [-0.15, -0.1) is 0 Å². The number of hydrogen-bond acceptors (Lipinski definition) is 1. The van der Waals surface area contributed by atoms with Gasteiger partial charge in [0.15, 0.2) is 0 Å². The first-order valence-electron chi connectivity index (χ1n) is 5.19. The van der Waals surface area contributed by atoms with Gasteiger partial charge in [-0.1, -0.05) is 52.1 Å². The van der Waals surface area contributed by atoms with Crippen LogP contribution in [0.5, 0.6) is 0 Å². The highest BCUT2D eigenvalue weighted by atomic mass is 79.9. The number of hydrogen-bond donors (Lipinski definition) is 1. The molecule has 1 rings (SSSR count). The lowest BCUT2D eigenvalue weighted by Crippen LogP contribution is -2.09. The maximum absolute atomic E-state index is 10.2. The minimum absolute atomic E-state index is 0.292. The summed E-state index contributed by atoms with van der Waals surface area (Å²) in [5.74, 6) is 0.292. The minimum Gasteiger partial charge on any atom is -0.388 e. The van der Waals surface area contributed by atoms with Crippen LogP contribution in [0.2, 0.25) is 0 Å². The Labute approximate surface area is 108 Å². The van der Waals surface area contributed by atoms with Gasteiger partial charge in [-0.25, -0.2) is 0 Å². The molecule has 0 radical (unpaired) electrons. The first-order chi connectivity index (χ1) is 7.06. The highest BCUT2D eigenvalue weighted by molar-refractivity contribution is 9.11. The molecular formula is C12H16Br2O. The molecule has 0 saturated carbocycles. The van der Waals surface area contributed by atoms with Crippen molar-refractivity contribution < 1.29 is 5.11 Å². The average molecular weight is 336 g/mol. The molecule has 0 aliphatic rings. The third-order valence-electron chi connectivity index (χ3n) is 2.56. The van der Waals surface area contributed by atoms with E-state index in [1.54, 1.807) is 0 Å². The summed E-state index contributed by atoms with van der Waals surface area (Å²) in [5, 5.41) is 10.2. The van der Waals surface area contributed by atoms with Gasteiger partial charge in [0.2, 0.25) is 0 Å². The zero-order chi connectivity index (χ0) is 11.4. The molecule has 1 aromatic rings. The van der Waals surface area contributed by atoms with E-state index >= 15 is 0 Å². The third kappa shape index (κ3) is 3.58. The Morgan fingerprint density at radius 1 is 1.33 bits per heavy atom. The van der Waals surface area contributed by atoms with Crippen LogP contribution in [0, 0.1) is 5.92 Å². The number of benzene rings is 1. The molecule has 0 heterocycles. The van der Waals surface area contributed by atoms with Crippen LogP contribution < -0.4 is 0 Å². The van der Waals surface area contributed by atoms with Crippen LogP contribution in [0.4, 0.5) is 0 Å². The van der Waals surface area contributed by atoms with Crippen LogP contribution in [-0.2, 0) is 0 Å². The van der Waals surface area contributed by atoms with E-state index in [4.69, 9.17) is 0 Å². The van der Waals surface area contributed by atoms with Crippen molar-refractivity contribution >= 4 is 31.9 Å². The fraction of sp³-hybridized carbons (Fsp3) is 0.500. The van der Waals surface area contributed by atoms with Gasteiger partial charge >= 0.3 is 0 Å². The molecule has 0 aliphatic heterocycles. The van der Waals surface area contributed by atoms with Gasteiger partial charge in [0.1, 0.15) is 0 Å². The molecule has 0 aromatic heterocycles. The Bertz CT molecular complexity index is 325. The lowest BCUT2D eigenvalue weighted by molar-refractivity contribution is 0.111. The predicted octanol–water partition coefficient (Wildman–Crippen LogP) is 4.68. The van der Waals surface area contributed by atoms with Crippen molar-refractivity contribution in [2.75, 3.05) is 0 Å². The largest absolute Gasteiger partial charge is 0.388 e. The fourth-order valence-electron chi connectivity index (χ4n) is 1.66. The topological polar surface area (TPSA) is 20.2 Å². The van der Waals surface area contributed by atoms with Crippen LogP contribution in [0.3, 0.4) is 0 Å². The minimum atomic E-state index is -0.392. The monoisotopic (exact) mass is 334 g/mol. The van der Waals surface area contributed by atoms with E-state index in [-0.39, 0.29) is 0 Å². The molecule has 2 atom stereocenters. The maximum atomic E-state index is 10.2. The van der Waals surface area contributed by atoms with Gasteiger partial charge in [-0.05, 0) is 36.1 Å². The molecule has 15 heavy (non-hydrogen) atoms. The Balaban J connectivity index is 2.89. The van der Waals surface area contributed by atoms with E-state index in [9.17, 15) is 5.11 Å². The standard InChI is InChI=1S/C12H16Br2O/c1-3-4-8(2)12(15)10-7-9(13)5-6-11(10)14/h5-8,12,15H,3-4H2,1-2H3. The smallest absolute Gasteiger partial charge is 0.0826 e. The molecule has 0 spiro atoms. The van der Waals surface area contributed by atoms with Crippen molar-refractivity contribution in [2.24, 2.45) is 5.92 Å². The maximum Gasteiger partial charge on any atom is 0.0826 e. The molecule has 3 heteroatoms. The zero-order valence-corrected chi connectivity index (χ0v) is 12.2. The summed E-state index contributed by atoms with van der Waals surface area (Å²) in [7, 11) is 0. The molecule has 0 saturated heterocycles. The van der Waals surface area contributed by atoms with E-state index < -0.39 is 6.10 Å². The summed E-state index contributed by atoms with van der Waals surface area (Å²) >= 11 is 6.89. The second kappa shape index (κ2) is 6.02. The van der Waals surface area contributed by atoms with Crippen LogP contribution in [0.25, 0.3) is 0 Å². The molecule has 2 unspecified atom stereocenters. The molecule has 0 bridgehead atoms. The van der Waals surface area contributed by atoms with Gasteiger partial charge in [0, 0.05) is 8.95 Å². The normalized spacial score (nSPS) is 15.0. The van der Waals surface area contributed by atoms with Crippen molar-refractivity contribution in [3.8, 4) is 0 Å². The van der Waals surface area contributed by atoms with Crippen molar-refractivity contribution in [3.63, 3.8) is 0 Å². The van der Waals surface area contributed by atoms with E-state index in [0.717, 1.165) is 27.4 Å². The molecule has 1 nitrogen and oxygen atoms in total. The second-order valence-corrected chi connectivity index (χ2v) is 5.65. The van der Waals surface area contributed by atoms with Gasteiger partial charge in [-0.3, -0.25) is 0 Å². The number of aliphatic hydroxyl groups is 1. The third-order valence-corrected chi connectivity index (χ3v) is 3.78. The Hall–Kier alpha value is 0.140. The molecule has 0 fully saturated rings. The van der Waals surface area contributed by atoms with Crippen LogP contribution in [0.1, 0.15) is 38.4 Å². The average Bonchev–Trinajstić information content (AvgIpc) is 2.21.